The smallest absolute Gasteiger partial charge is 0.230 e. The summed E-state index contributed by atoms with van der Waals surface area (Å²) in [5, 5.41) is 15.5. The van der Waals surface area contributed by atoms with Gasteiger partial charge in [0, 0.05) is 12.0 Å². The summed E-state index contributed by atoms with van der Waals surface area (Å²) in [5.41, 5.74) is 2.29. The molecule has 1 N–H and O–H groups in total. The number of carbonyl (C=O) groups excluding carboxylic acids is 1. The molecule has 0 aliphatic heterocycles. The van der Waals surface area contributed by atoms with Crippen LogP contribution in [0, 0.1) is 0 Å². The molecule has 1 aliphatic rings. The molecule has 138 valence electrons. The van der Waals surface area contributed by atoms with Crippen LogP contribution in [0.3, 0.4) is 0 Å². The molecule has 3 aromatic rings. The van der Waals surface area contributed by atoms with Gasteiger partial charge in [0.05, 0.1) is 11.4 Å². The van der Waals surface area contributed by atoms with E-state index in [1.54, 1.807) is 4.68 Å². The van der Waals surface area contributed by atoms with E-state index >= 15 is 0 Å². The summed E-state index contributed by atoms with van der Waals surface area (Å²) < 4.78 is 1.65. The van der Waals surface area contributed by atoms with E-state index in [9.17, 15) is 4.79 Å². The Morgan fingerprint density at radius 2 is 1.78 bits per heavy atom. The average molecular weight is 379 g/mol. The lowest BCUT2D eigenvalue weighted by atomic mass is 9.64. The summed E-state index contributed by atoms with van der Waals surface area (Å²) >= 11 is 1.34. The van der Waals surface area contributed by atoms with Crippen molar-refractivity contribution in [1.82, 2.24) is 25.5 Å². The molecule has 0 atom stereocenters. The van der Waals surface area contributed by atoms with Gasteiger partial charge in [-0.3, -0.25) is 4.79 Å². The third-order valence-electron chi connectivity index (χ3n) is 5.09. The number of benzene rings is 2. The second-order valence-electron chi connectivity index (χ2n) is 6.77. The van der Waals surface area contributed by atoms with Crippen LogP contribution >= 0.6 is 11.8 Å². The highest BCUT2D eigenvalue weighted by molar-refractivity contribution is 7.99. The van der Waals surface area contributed by atoms with Gasteiger partial charge in [0.25, 0.3) is 0 Å². The summed E-state index contributed by atoms with van der Waals surface area (Å²) in [4.78, 5) is 12.4. The summed E-state index contributed by atoms with van der Waals surface area (Å²) in [6, 6.07) is 20.1. The number of para-hydroxylation sites is 1. The molecule has 4 rings (SSSR count). The molecular weight excluding hydrogens is 358 g/mol. The van der Waals surface area contributed by atoms with E-state index in [4.69, 9.17) is 0 Å². The van der Waals surface area contributed by atoms with Crippen LogP contribution in [0.15, 0.2) is 65.8 Å². The maximum atomic E-state index is 12.4. The largest absolute Gasteiger partial charge is 0.354 e. The quantitative estimate of drug-likeness (QED) is 0.639. The van der Waals surface area contributed by atoms with E-state index in [0.29, 0.717) is 11.7 Å². The second kappa shape index (κ2) is 7.92. The molecule has 0 spiro atoms. The number of tetrazole rings is 1. The Morgan fingerprint density at radius 3 is 2.44 bits per heavy atom. The van der Waals surface area contributed by atoms with Gasteiger partial charge in [-0.2, -0.15) is 4.68 Å². The third-order valence-corrected chi connectivity index (χ3v) is 6.01. The number of thioether (sulfide) groups is 1. The number of rotatable bonds is 7. The average Bonchev–Trinajstić information content (AvgIpc) is 3.16. The lowest BCUT2D eigenvalue weighted by molar-refractivity contribution is -0.119. The zero-order chi connectivity index (χ0) is 18.5. The highest BCUT2D eigenvalue weighted by Crippen LogP contribution is 2.43. The molecule has 27 heavy (non-hydrogen) atoms. The standard InChI is InChI=1S/C20H21N5OS/c26-18(21-15-20(12-7-13-20)16-8-3-1-4-9-16)14-27-19-22-23-24-25(19)17-10-5-2-6-11-17/h1-6,8-11H,7,12-15H2,(H,21,26). The third kappa shape index (κ3) is 3.88. The van der Waals surface area contributed by atoms with Gasteiger partial charge in [-0.1, -0.05) is 66.7 Å². The Labute approximate surface area is 162 Å². The van der Waals surface area contributed by atoms with Gasteiger partial charge in [-0.25, -0.2) is 0 Å². The minimum atomic E-state index is 0.00446. The minimum Gasteiger partial charge on any atom is -0.354 e. The van der Waals surface area contributed by atoms with Gasteiger partial charge in [0.1, 0.15) is 0 Å². The van der Waals surface area contributed by atoms with Crippen molar-refractivity contribution in [2.24, 2.45) is 0 Å². The van der Waals surface area contributed by atoms with E-state index in [1.165, 1.54) is 23.7 Å². The van der Waals surface area contributed by atoms with Crippen molar-refractivity contribution in [3.8, 4) is 5.69 Å². The van der Waals surface area contributed by atoms with Gasteiger partial charge in [0.2, 0.25) is 11.1 Å². The molecule has 6 nitrogen and oxygen atoms in total. The van der Waals surface area contributed by atoms with Crippen molar-refractivity contribution in [2.45, 2.75) is 29.8 Å². The summed E-state index contributed by atoms with van der Waals surface area (Å²) in [6.07, 6.45) is 3.46. The monoisotopic (exact) mass is 379 g/mol. The molecule has 0 saturated heterocycles. The van der Waals surface area contributed by atoms with Crippen molar-refractivity contribution in [2.75, 3.05) is 12.3 Å². The maximum Gasteiger partial charge on any atom is 0.230 e. The van der Waals surface area contributed by atoms with Crippen molar-refractivity contribution in [3.63, 3.8) is 0 Å². The lowest BCUT2D eigenvalue weighted by Crippen LogP contribution is -2.46. The maximum absolute atomic E-state index is 12.4. The molecule has 0 radical (unpaired) electrons. The highest BCUT2D eigenvalue weighted by Gasteiger charge is 2.38. The van der Waals surface area contributed by atoms with Crippen LogP contribution in [0.25, 0.3) is 5.69 Å². The predicted octanol–water partition coefficient (Wildman–Crippen LogP) is 2.99. The fourth-order valence-corrected chi connectivity index (χ4v) is 4.13. The minimum absolute atomic E-state index is 0.00446. The summed E-state index contributed by atoms with van der Waals surface area (Å²) in [7, 11) is 0. The number of aromatic nitrogens is 4. The highest BCUT2D eigenvalue weighted by atomic mass is 32.2. The first kappa shape index (κ1) is 17.7. The van der Waals surface area contributed by atoms with Crippen molar-refractivity contribution in [1.29, 1.82) is 0 Å². The Bertz CT molecular complexity index is 893. The van der Waals surface area contributed by atoms with E-state index in [0.717, 1.165) is 18.5 Å². The number of nitrogens with one attached hydrogen (secondary N) is 1. The van der Waals surface area contributed by atoms with E-state index in [2.05, 4.69) is 45.1 Å². The molecule has 7 heteroatoms. The molecule has 0 unspecified atom stereocenters. The van der Waals surface area contributed by atoms with Crippen LogP contribution in [0.5, 0.6) is 0 Å². The van der Waals surface area contributed by atoms with Gasteiger partial charge >= 0.3 is 0 Å². The van der Waals surface area contributed by atoms with Crippen molar-refractivity contribution in [3.05, 3.63) is 66.2 Å². The molecule has 0 bridgehead atoms. The summed E-state index contributed by atoms with van der Waals surface area (Å²) in [5.74, 6) is 0.294. The fraction of sp³-hybridized carbons (Fsp3) is 0.300. The van der Waals surface area contributed by atoms with E-state index < -0.39 is 0 Å². The molecule has 1 aliphatic carbocycles. The Hall–Kier alpha value is -2.67. The van der Waals surface area contributed by atoms with Crippen LogP contribution in [0.4, 0.5) is 0 Å². The molecular formula is C20H21N5OS. The van der Waals surface area contributed by atoms with Gasteiger partial charge < -0.3 is 5.32 Å². The number of amides is 1. The van der Waals surface area contributed by atoms with Crippen molar-refractivity contribution < 1.29 is 4.79 Å². The normalized spacial score (nSPS) is 15.1. The zero-order valence-electron chi connectivity index (χ0n) is 14.9. The molecule has 2 aromatic carbocycles. The zero-order valence-corrected chi connectivity index (χ0v) is 15.7. The number of nitrogens with zero attached hydrogens (tertiary/aromatic N) is 4. The molecule has 1 amide bonds. The van der Waals surface area contributed by atoms with E-state index in [-0.39, 0.29) is 17.1 Å². The molecule has 1 saturated carbocycles. The first-order valence-corrected chi connectivity index (χ1v) is 10.0. The van der Waals surface area contributed by atoms with Gasteiger partial charge in [-0.05, 0) is 41.0 Å². The Kier molecular flexibility index (Phi) is 5.20. The van der Waals surface area contributed by atoms with Gasteiger partial charge in [0.15, 0.2) is 0 Å². The van der Waals surface area contributed by atoms with Gasteiger partial charge in [-0.15, -0.1) is 5.10 Å². The molecule has 1 heterocycles. The fourth-order valence-electron chi connectivity index (χ4n) is 3.41. The van der Waals surface area contributed by atoms with Crippen LogP contribution in [-0.2, 0) is 10.2 Å². The van der Waals surface area contributed by atoms with Crippen LogP contribution in [0.2, 0.25) is 0 Å². The first-order chi connectivity index (χ1) is 13.3. The molecule has 1 fully saturated rings. The predicted molar refractivity (Wildman–Crippen MR) is 105 cm³/mol. The number of carbonyl (C=O) groups is 1. The number of hydrogen-bond acceptors (Lipinski definition) is 5. The topological polar surface area (TPSA) is 72.7 Å². The second-order valence-corrected chi connectivity index (χ2v) is 7.72. The molecule has 1 aromatic heterocycles. The van der Waals surface area contributed by atoms with E-state index in [1.807, 2.05) is 36.4 Å². The first-order valence-electron chi connectivity index (χ1n) is 9.06. The SMILES string of the molecule is O=C(CSc1nnnn1-c1ccccc1)NCC1(c2ccccc2)CCC1. The van der Waals surface area contributed by atoms with Crippen molar-refractivity contribution >= 4 is 17.7 Å². The lowest BCUT2D eigenvalue weighted by Gasteiger charge is -2.42. The number of hydrogen-bond donors (Lipinski definition) is 1. The Morgan fingerprint density at radius 1 is 1.07 bits per heavy atom. The Balaban J connectivity index is 1.34. The summed E-state index contributed by atoms with van der Waals surface area (Å²) in [6.45, 7) is 0.681. The van der Waals surface area contributed by atoms with Crippen LogP contribution in [-0.4, -0.2) is 38.4 Å². The van der Waals surface area contributed by atoms with Crippen LogP contribution < -0.4 is 5.32 Å². The van der Waals surface area contributed by atoms with Crippen LogP contribution in [0.1, 0.15) is 24.8 Å².